The summed E-state index contributed by atoms with van der Waals surface area (Å²) in [7, 11) is -3.07. The van der Waals surface area contributed by atoms with Gasteiger partial charge in [0.2, 0.25) is 0 Å². The van der Waals surface area contributed by atoms with E-state index in [-0.39, 0.29) is 5.75 Å². The lowest BCUT2D eigenvalue weighted by Crippen LogP contribution is -2.13. The number of hydrogen-bond donors (Lipinski definition) is 1. The van der Waals surface area contributed by atoms with Crippen LogP contribution in [0.15, 0.2) is 24.3 Å². The summed E-state index contributed by atoms with van der Waals surface area (Å²) in [6, 6.07) is 7.74. The largest absolute Gasteiger partial charge is 0.382 e. The molecule has 3 aromatic rings. The summed E-state index contributed by atoms with van der Waals surface area (Å²) in [5, 5.41) is 0.949. The highest BCUT2D eigenvalue weighted by molar-refractivity contribution is 7.90. The van der Waals surface area contributed by atoms with Gasteiger partial charge in [0, 0.05) is 24.6 Å². The van der Waals surface area contributed by atoms with Crippen LogP contribution < -0.4 is 5.73 Å². The molecular formula is C17H22N4O2S. The van der Waals surface area contributed by atoms with Crippen LogP contribution in [0.2, 0.25) is 0 Å². The zero-order valence-electron chi connectivity index (χ0n) is 14.0. The third-order valence-electron chi connectivity index (χ3n) is 4.13. The van der Waals surface area contributed by atoms with Gasteiger partial charge in [0.15, 0.2) is 5.82 Å². The Hall–Kier alpha value is -2.15. The van der Waals surface area contributed by atoms with Gasteiger partial charge < -0.3 is 10.3 Å². The van der Waals surface area contributed by atoms with Gasteiger partial charge in [-0.2, -0.15) is 0 Å². The highest BCUT2D eigenvalue weighted by Crippen LogP contribution is 2.29. The molecule has 6 nitrogen and oxygen atoms in total. The molecule has 7 heteroatoms. The first-order chi connectivity index (χ1) is 11.4. The van der Waals surface area contributed by atoms with Gasteiger partial charge in [-0.05, 0) is 12.5 Å². The van der Waals surface area contributed by atoms with E-state index in [1.807, 2.05) is 28.8 Å². The molecule has 0 saturated carbocycles. The zero-order chi connectivity index (χ0) is 17.3. The molecule has 0 fully saturated rings. The Morgan fingerprint density at radius 1 is 1.21 bits per heavy atom. The van der Waals surface area contributed by atoms with Crippen LogP contribution in [0.5, 0.6) is 0 Å². The van der Waals surface area contributed by atoms with E-state index < -0.39 is 9.84 Å². The molecule has 0 atom stereocenters. The second-order valence-corrected chi connectivity index (χ2v) is 8.38. The number of aromatic nitrogens is 3. The molecule has 2 heterocycles. The highest BCUT2D eigenvalue weighted by Gasteiger charge is 2.17. The molecule has 0 unspecified atom stereocenters. The van der Waals surface area contributed by atoms with Crippen LogP contribution in [0.25, 0.3) is 21.9 Å². The first-order valence-corrected chi connectivity index (χ1v) is 10.2. The fourth-order valence-corrected chi connectivity index (χ4v) is 3.44. The lowest BCUT2D eigenvalue weighted by molar-refractivity contribution is 0.592. The van der Waals surface area contributed by atoms with Crippen molar-refractivity contribution in [1.82, 2.24) is 14.5 Å². The SMILES string of the molecule is CCCCc1nc2c(N)nc3ccccc3c2n1CCS(C)(=O)=O. The smallest absolute Gasteiger partial charge is 0.152 e. The summed E-state index contributed by atoms with van der Waals surface area (Å²) in [5.41, 5.74) is 8.45. The van der Waals surface area contributed by atoms with Crippen LogP contribution in [0.4, 0.5) is 5.82 Å². The Balaban J connectivity index is 2.26. The summed E-state index contributed by atoms with van der Waals surface area (Å²) < 4.78 is 25.3. The number of aryl methyl sites for hydroxylation is 2. The molecule has 0 amide bonds. The Bertz CT molecular complexity index is 993. The highest BCUT2D eigenvalue weighted by atomic mass is 32.2. The molecule has 0 spiro atoms. The van der Waals surface area contributed by atoms with Crippen molar-refractivity contribution in [3.05, 3.63) is 30.1 Å². The molecular weight excluding hydrogens is 324 g/mol. The molecule has 128 valence electrons. The van der Waals surface area contributed by atoms with Crippen molar-refractivity contribution in [1.29, 1.82) is 0 Å². The number of sulfone groups is 1. The molecule has 0 radical (unpaired) electrons. The fourth-order valence-electron chi connectivity index (χ4n) is 2.93. The van der Waals surface area contributed by atoms with Gasteiger partial charge in [-0.25, -0.2) is 18.4 Å². The van der Waals surface area contributed by atoms with Gasteiger partial charge in [0.25, 0.3) is 0 Å². The average molecular weight is 346 g/mol. The molecule has 1 aromatic carbocycles. The zero-order valence-corrected chi connectivity index (χ0v) is 14.8. The number of para-hydroxylation sites is 1. The standard InChI is InChI=1S/C17H22N4O2S/c1-3-4-9-14-20-15-16(21(14)10-11-24(2,22)23)12-7-5-6-8-13(12)19-17(15)18/h5-8H,3-4,9-11H2,1-2H3,(H2,18,19). The van der Waals surface area contributed by atoms with Gasteiger partial charge in [-0.1, -0.05) is 31.5 Å². The van der Waals surface area contributed by atoms with Crippen LogP contribution in [-0.4, -0.2) is 35.0 Å². The van der Waals surface area contributed by atoms with Gasteiger partial charge in [0.1, 0.15) is 21.2 Å². The van der Waals surface area contributed by atoms with Crippen LogP contribution in [-0.2, 0) is 22.8 Å². The number of unbranched alkanes of at least 4 members (excludes halogenated alkanes) is 1. The molecule has 2 aromatic heterocycles. The van der Waals surface area contributed by atoms with Crippen molar-refractivity contribution in [2.45, 2.75) is 32.7 Å². The van der Waals surface area contributed by atoms with Crippen LogP contribution >= 0.6 is 0 Å². The third-order valence-corrected chi connectivity index (χ3v) is 5.05. The number of imidazole rings is 1. The normalized spacial score (nSPS) is 12.2. The predicted molar refractivity (Wildman–Crippen MR) is 97.8 cm³/mol. The predicted octanol–water partition coefficient (Wildman–Crippen LogP) is 2.55. The molecule has 0 aliphatic carbocycles. The van der Waals surface area contributed by atoms with Gasteiger partial charge in [0.05, 0.1) is 16.8 Å². The van der Waals surface area contributed by atoms with E-state index in [4.69, 9.17) is 5.73 Å². The quantitative estimate of drug-likeness (QED) is 0.740. The summed E-state index contributed by atoms with van der Waals surface area (Å²) in [6.07, 6.45) is 4.09. The summed E-state index contributed by atoms with van der Waals surface area (Å²) in [5.74, 6) is 1.34. The Morgan fingerprint density at radius 2 is 1.96 bits per heavy atom. The lowest BCUT2D eigenvalue weighted by Gasteiger charge is -2.10. The summed E-state index contributed by atoms with van der Waals surface area (Å²) >= 11 is 0. The van der Waals surface area contributed by atoms with Crippen molar-refractivity contribution < 1.29 is 8.42 Å². The minimum Gasteiger partial charge on any atom is -0.382 e. The van der Waals surface area contributed by atoms with Crippen molar-refractivity contribution in [2.24, 2.45) is 0 Å². The monoisotopic (exact) mass is 346 g/mol. The van der Waals surface area contributed by atoms with E-state index in [0.29, 0.717) is 17.9 Å². The van der Waals surface area contributed by atoms with Gasteiger partial charge in [-0.3, -0.25) is 0 Å². The maximum atomic E-state index is 11.6. The van der Waals surface area contributed by atoms with E-state index in [0.717, 1.165) is 41.5 Å². The number of nitrogen functional groups attached to an aromatic ring is 1. The molecule has 3 rings (SSSR count). The molecule has 0 aliphatic heterocycles. The van der Waals surface area contributed by atoms with Crippen LogP contribution in [0.3, 0.4) is 0 Å². The Labute approximate surface area is 141 Å². The molecule has 0 bridgehead atoms. The second-order valence-electron chi connectivity index (χ2n) is 6.12. The molecule has 2 N–H and O–H groups in total. The Morgan fingerprint density at radius 3 is 2.67 bits per heavy atom. The van der Waals surface area contributed by atoms with E-state index in [1.54, 1.807) is 0 Å². The summed E-state index contributed by atoms with van der Waals surface area (Å²) in [4.78, 5) is 9.11. The minimum absolute atomic E-state index is 0.0775. The van der Waals surface area contributed by atoms with Crippen LogP contribution in [0, 0.1) is 0 Å². The van der Waals surface area contributed by atoms with E-state index in [9.17, 15) is 8.42 Å². The average Bonchev–Trinajstić information content (AvgIpc) is 2.90. The maximum absolute atomic E-state index is 11.6. The topological polar surface area (TPSA) is 90.9 Å². The van der Waals surface area contributed by atoms with Gasteiger partial charge >= 0.3 is 0 Å². The van der Waals surface area contributed by atoms with Gasteiger partial charge in [-0.15, -0.1) is 0 Å². The Kier molecular flexibility index (Phi) is 4.45. The van der Waals surface area contributed by atoms with E-state index in [1.165, 1.54) is 6.26 Å². The first-order valence-electron chi connectivity index (χ1n) is 8.11. The maximum Gasteiger partial charge on any atom is 0.152 e. The molecule has 24 heavy (non-hydrogen) atoms. The summed E-state index contributed by atoms with van der Waals surface area (Å²) in [6.45, 7) is 2.50. The van der Waals surface area contributed by atoms with Crippen LogP contribution in [0.1, 0.15) is 25.6 Å². The molecule has 0 aliphatic rings. The van der Waals surface area contributed by atoms with Crippen molar-refractivity contribution >= 4 is 37.6 Å². The number of nitrogens with zero attached hydrogens (tertiary/aromatic N) is 3. The van der Waals surface area contributed by atoms with E-state index >= 15 is 0 Å². The molecule has 0 saturated heterocycles. The first kappa shape index (κ1) is 16.7. The van der Waals surface area contributed by atoms with Crippen molar-refractivity contribution in [3.63, 3.8) is 0 Å². The number of pyridine rings is 1. The number of hydrogen-bond acceptors (Lipinski definition) is 5. The van der Waals surface area contributed by atoms with Crippen molar-refractivity contribution in [2.75, 3.05) is 17.7 Å². The third kappa shape index (κ3) is 3.21. The number of anilines is 1. The minimum atomic E-state index is -3.07. The van der Waals surface area contributed by atoms with E-state index in [2.05, 4.69) is 16.9 Å². The number of benzene rings is 1. The van der Waals surface area contributed by atoms with Crippen molar-refractivity contribution in [3.8, 4) is 0 Å². The second kappa shape index (κ2) is 6.39. The number of nitrogens with two attached hydrogens (primary N) is 1. The number of rotatable bonds is 6. The number of fused-ring (bicyclic) bond motifs is 3. The fraction of sp³-hybridized carbons (Fsp3) is 0.412. The lowest BCUT2D eigenvalue weighted by atomic mass is 10.2.